The summed E-state index contributed by atoms with van der Waals surface area (Å²) in [5.74, 6) is 1.51. The second-order valence-electron chi connectivity index (χ2n) is 7.40. The van der Waals surface area contributed by atoms with Gasteiger partial charge < -0.3 is 20.3 Å². The maximum atomic E-state index is 5.82. The summed E-state index contributed by atoms with van der Waals surface area (Å²) in [4.78, 5) is 7.38. The lowest BCUT2D eigenvalue weighted by molar-refractivity contribution is 0.0266. The molecule has 2 N–H and O–H groups in total. The molecule has 0 spiro atoms. The number of guanidine groups is 1. The van der Waals surface area contributed by atoms with Crippen LogP contribution in [0.5, 0.6) is 0 Å². The Morgan fingerprint density at radius 3 is 2.42 bits per heavy atom. The minimum atomic E-state index is 0. The van der Waals surface area contributed by atoms with Crippen LogP contribution in [-0.2, 0) is 4.74 Å². The summed E-state index contributed by atoms with van der Waals surface area (Å²) in [6, 6.07) is 0.545. The molecule has 1 aliphatic rings. The molecule has 1 heterocycles. The zero-order chi connectivity index (χ0) is 18.5. The van der Waals surface area contributed by atoms with Gasteiger partial charge >= 0.3 is 0 Å². The molecule has 0 aromatic heterocycles. The fraction of sp³-hybridized carbons (Fsp3) is 0.950. The molecule has 0 amide bonds. The van der Waals surface area contributed by atoms with Crippen LogP contribution in [0.4, 0.5) is 0 Å². The van der Waals surface area contributed by atoms with Gasteiger partial charge in [0.05, 0.1) is 6.10 Å². The van der Waals surface area contributed by atoms with Gasteiger partial charge in [-0.1, -0.05) is 27.2 Å². The zero-order valence-corrected chi connectivity index (χ0v) is 20.1. The predicted molar refractivity (Wildman–Crippen MR) is 124 cm³/mol. The van der Waals surface area contributed by atoms with E-state index in [4.69, 9.17) is 9.73 Å². The Kier molecular flexibility index (Phi) is 15.9. The van der Waals surface area contributed by atoms with Gasteiger partial charge in [-0.15, -0.1) is 24.0 Å². The number of nitrogens with one attached hydrogen (secondary N) is 2. The summed E-state index contributed by atoms with van der Waals surface area (Å²) in [6.07, 6.45) is 6.31. The third kappa shape index (κ3) is 10.9. The molecule has 0 saturated carbocycles. The first-order chi connectivity index (χ1) is 12.1. The van der Waals surface area contributed by atoms with Gasteiger partial charge in [-0.2, -0.15) is 0 Å². The van der Waals surface area contributed by atoms with Gasteiger partial charge in [0.15, 0.2) is 5.96 Å². The topological polar surface area (TPSA) is 48.9 Å². The number of hydrogen-bond acceptors (Lipinski definition) is 3. The van der Waals surface area contributed by atoms with Crippen molar-refractivity contribution in [2.24, 2.45) is 10.9 Å². The molecule has 1 fully saturated rings. The van der Waals surface area contributed by atoms with E-state index < -0.39 is 0 Å². The SMILES string of the molecule is CCCCN1CCC(NC(=NCCC(OCC)C(C)C)NCC)CC1.I. The van der Waals surface area contributed by atoms with E-state index in [0.29, 0.717) is 18.1 Å². The van der Waals surface area contributed by atoms with Crippen LogP contribution in [0.2, 0.25) is 0 Å². The van der Waals surface area contributed by atoms with Crippen molar-refractivity contribution in [3.8, 4) is 0 Å². The maximum Gasteiger partial charge on any atom is 0.191 e. The Morgan fingerprint density at radius 1 is 1.19 bits per heavy atom. The van der Waals surface area contributed by atoms with Gasteiger partial charge in [0, 0.05) is 38.8 Å². The van der Waals surface area contributed by atoms with E-state index in [1.54, 1.807) is 0 Å². The molecule has 1 rings (SSSR count). The summed E-state index contributed by atoms with van der Waals surface area (Å²) in [6.45, 7) is 17.1. The zero-order valence-electron chi connectivity index (χ0n) is 17.7. The van der Waals surface area contributed by atoms with Crippen LogP contribution in [0.3, 0.4) is 0 Å². The minimum Gasteiger partial charge on any atom is -0.378 e. The van der Waals surface area contributed by atoms with Crippen LogP contribution in [-0.4, -0.2) is 62.3 Å². The monoisotopic (exact) mass is 482 g/mol. The van der Waals surface area contributed by atoms with Crippen LogP contribution in [0.25, 0.3) is 0 Å². The lowest BCUT2D eigenvalue weighted by Gasteiger charge is -2.33. The summed E-state index contributed by atoms with van der Waals surface area (Å²) in [5, 5.41) is 7.03. The highest BCUT2D eigenvalue weighted by atomic mass is 127. The lowest BCUT2D eigenvalue weighted by Crippen LogP contribution is -2.48. The van der Waals surface area contributed by atoms with Gasteiger partial charge in [0.2, 0.25) is 0 Å². The number of halogens is 1. The van der Waals surface area contributed by atoms with Crippen LogP contribution in [0.15, 0.2) is 4.99 Å². The van der Waals surface area contributed by atoms with Gasteiger partial charge in [0.1, 0.15) is 0 Å². The largest absolute Gasteiger partial charge is 0.378 e. The van der Waals surface area contributed by atoms with Crippen molar-refractivity contribution in [3.05, 3.63) is 0 Å². The molecule has 0 aromatic carbocycles. The quantitative estimate of drug-likeness (QED) is 0.267. The standard InChI is InChI=1S/C20H42N4O.HI/c1-6-9-14-24-15-11-18(12-16-24)23-20(21-7-2)22-13-10-19(17(4)5)25-8-3;/h17-19H,6-16H2,1-5H3,(H2,21,22,23);1H. The molecule has 26 heavy (non-hydrogen) atoms. The molecule has 0 aliphatic carbocycles. The normalized spacial score (nSPS) is 17.8. The highest BCUT2D eigenvalue weighted by Crippen LogP contribution is 2.12. The molecule has 0 radical (unpaired) electrons. The number of rotatable bonds is 11. The van der Waals surface area contributed by atoms with Crippen molar-refractivity contribution in [1.29, 1.82) is 0 Å². The maximum absolute atomic E-state index is 5.82. The van der Waals surface area contributed by atoms with Crippen LogP contribution >= 0.6 is 24.0 Å². The summed E-state index contributed by atoms with van der Waals surface area (Å²) in [5.41, 5.74) is 0. The number of ether oxygens (including phenoxy) is 1. The predicted octanol–water partition coefficient (Wildman–Crippen LogP) is 3.88. The van der Waals surface area contributed by atoms with E-state index in [9.17, 15) is 0 Å². The number of hydrogen-bond donors (Lipinski definition) is 2. The number of unbranched alkanes of at least 4 members (excludes halogenated alkanes) is 1. The van der Waals surface area contributed by atoms with E-state index in [1.165, 1.54) is 45.3 Å². The molecule has 6 heteroatoms. The molecule has 5 nitrogen and oxygen atoms in total. The number of nitrogens with zero attached hydrogens (tertiary/aromatic N) is 2. The Balaban J connectivity index is 0.00000625. The minimum absolute atomic E-state index is 0. The number of likely N-dealkylation sites (tertiary alicyclic amines) is 1. The second-order valence-corrected chi connectivity index (χ2v) is 7.40. The molecular weight excluding hydrogens is 439 g/mol. The molecule has 1 saturated heterocycles. The number of piperidine rings is 1. The van der Waals surface area contributed by atoms with Gasteiger partial charge in [0.25, 0.3) is 0 Å². The van der Waals surface area contributed by atoms with Crippen molar-refractivity contribution in [3.63, 3.8) is 0 Å². The fourth-order valence-electron chi connectivity index (χ4n) is 3.32. The molecule has 1 unspecified atom stereocenters. The molecular formula is C20H43IN4O. The van der Waals surface area contributed by atoms with Gasteiger partial charge in [-0.3, -0.25) is 4.99 Å². The van der Waals surface area contributed by atoms with Crippen LogP contribution in [0.1, 0.15) is 66.7 Å². The van der Waals surface area contributed by atoms with Crippen LogP contribution in [0, 0.1) is 5.92 Å². The first-order valence-electron chi connectivity index (χ1n) is 10.5. The highest BCUT2D eigenvalue weighted by Gasteiger charge is 2.19. The third-order valence-electron chi connectivity index (χ3n) is 4.91. The van der Waals surface area contributed by atoms with Crippen LogP contribution < -0.4 is 10.6 Å². The first kappa shape index (κ1) is 25.9. The molecule has 0 aromatic rings. The Hall–Kier alpha value is -0.0800. The Morgan fingerprint density at radius 2 is 1.88 bits per heavy atom. The van der Waals surface area contributed by atoms with Crippen molar-refractivity contribution in [2.45, 2.75) is 78.9 Å². The Bertz CT molecular complexity index is 358. The smallest absolute Gasteiger partial charge is 0.191 e. The lowest BCUT2D eigenvalue weighted by atomic mass is 10.0. The van der Waals surface area contributed by atoms with Gasteiger partial charge in [-0.05, 0) is 52.0 Å². The van der Waals surface area contributed by atoms with E-state index in [1.807, 2.05) is 0 Å². The highest BCUT2D eigenvalue weighted by molar-refractivity contribution is 14.0. The molecule has 156 valence electrons. The van der Waals surface area contributed by atoms with Crippen molar-refractivity contribution < 1.29 is 4.74 Å². The first-order valence-corrected chi connectivity index (χ1v) is 10.5. The summed E-state index contributed by atoms with van der Waals surface area (Å²) >= 11 is 0. The second kappa shape index (κ2) is 15.9. The van der Waals surface area contributed by atoms with E-state index >= 15 is 0 Å². The van der Waals surface area contributed by atoms with E-state index in [-0.39, 0.29) is 24.0 Å². The van der Waals surface area contributed by atoms with Crippen molar-refractivity contribution in [2.75, 3.05) is 39.3 Å². The number of aliphatic imine (C=N–C) groups is 1. The Labute approximate surface area is 179 Å². The van der Waals surface area contributed by atoms with Gasteiger partial charge in [-0.25, -0.2) is 0 Å². The summed E-state index contributed by atoms with van der Waals surface area (Å²) < 4.78 is 5.82. The average molecular weight is 482 g/mol. The fourth-order valence-corrected chi connectivity index (χ4v) is 3.32. The molecule has 0 bridgehead atoms. The van der Waals surface area contributed by atoms with E-state index in [2.05, 4.69) is 50.2 Å². The van der Waals surface area contributed by atoms with E-state index in [0.717, 1.165) is 32.1 Å². The molecule has 1 aliphatic heterocycles. The van der Waals surface area contributed by atoms with Crippen molar-refractivity contribution in [1.82, 2.24) is 15.5 Å². The average Bonchev–Trinajstić information content (AvgIpc) is 2.60. The summed E-state index contributed by atoms with van der Waals surface area (Å²) in [7, 11) is 0. The third-order valence-corrected chi connectivity index (χ3v) is 4.91. The van der Waals surface area contributed by atoms with Crippen molar-refractivity contribution >= 4 is 29.9 Å². The molecule has 1 atom stereocenters.